The third-order valence-corrected chi connectivity index (χ3v) is 4.34. The highest BCUT2D eigenvalue weighted by molar-refractivity contribution is 14.0. The molecule has 0 saturated carbocycles. The molecule has 114 valence electrons. The molecule has 1 fully saturated rings. The topological polar surface area (TPSA) is 47.9 Å². The Morgan fingerprint density at radius 2 is 1.95 bits per heavy atom. The van der Waals surface area contributed by atoms with E-state index >= 15 is 0 Å². The van der Waals surface area contributed by atoms with Crippen LogP contribution in [-0.2, 0) is 0 Å². The van der Waals surface area contributed by atoms with Gasteiger partial charge in [-0.2, -0.15) is 0 Å². The summed E-state index contributed by atoms with van der Waals surface area (Å²) in [5.74, 6) is 1.19. The normalized spacial score (nSPS) is 22.3. The molecule has 0 aromatic heterocycles. The maximum Gasteiger partial charge on any atom is 0.194 e. The van der Waals surface area contributed by atoms with Gasteiger partial charge in [-0.05, 0) is 26.7 Å². The van der Waals surface area contributed by atoms with Crippen LogP contribution >= 0.6 is 24.0 Å². The average Bonchev–Trinajstić information content (AvgIpc) is 2.31. The number of likely N-dealkylation sites (tertiary alicyclic amines) is 1. The lowest BCUT2D eigenvalue weighted by Gasteiger charge is -2.62. The first-order chi connectivity index (χ1) is 8.26. The van der Waals surface area contributed by atoms with Crippen LogP contribution in [0.4, 0.5) is 0 Å². The summed E-state index contributed by atoms with van der Waals surface area (Å²) in [6, 6.07) is 0. The Morgan fingerprint density at radius 3 is 2.32 bits per heavy atom. The molecule has 1 rings (SSSR count). The van der Waals surface area contributed by atoms with Crippen molar-refractivity contribution in [2.45, 2.75) is 47.1 Å². The summed E-state index contributed by atoms with van der Waals surface area (Å²) >= 11 is 0. The van der Waals surface area contributed by atoms with Crippen LogP contribution in [0.5, 0.6) is 0 Å². The lowest BCUT2D eigenvalue weighted by atomic mass is 9.65. The SMILES string of the molecule is CCNC(=NCC(C)CO)N1CC(C)(C)C1(C)C.I. The number of hydrogen-bond donors (Lipinski definition) is 2. The first-order valence-corrected chi connectivity index (χ1v) is 6.93. The van der Waals surface area contributed by atoms with Gasteiger partial charge in [0.05, 0.1) is 0 Å². The molecule has 19 heavy (non-hydrogen) atoms. The highest BCUT2D eigenvalue weighted by Gasteiger charge is 2.53. The van der Waals surface area contributed by atoms with Crippen LogP contribution < -0.4 is 5.32 Å². The maximum absolute atomic E-state index is 9.07. The summed E-state index contributed by atoms with van der Waals surface area (Å²) < 4.78 is 0. The zero-order valence-electron chi connectivity index (χ0n) is 13.2. The Balaban J connectivity index is 0.00000324. The molecule has 4 nitrogen and oxygen atoms in total. The molecule has 5 heteroatoms. The van der Waals surface area contributed by atoms with E-state index < -0.39 is 0 Å². The zero-order chi connectivity index (χ0) is 14.0. The van der Waals surface area contributed by atoms with Crippen LogP contribution in [0.1, 0.15) is 41.5 Å². The predicted molar refractivity (Wildman–Crippen MR) is 92.2 cm³/mol. The van der Waals surface area contributed by atoms with E-state index in [0.29, 0.717) is 12.0 Å². The van der Waals surface area contributed by atoms with Crippen LogP contribution in [0.2, 0.25) is 0 Å². The second-order valence-electron chi connectivity index (χ2n) is 6.51. The molecule has 1 aliphatic rings. The van der Waals surface area contributed by atoms with Gasteiger partial charge in [-0.1, -0.05) is 20.8 Å². The number of hydrogen-bond acceptors (Lipinski definition) is 2. The van der Waals surface area contributed by atoms with Gasteiger partial charge in [0.15, 0.2) is 5.96 Å². The van der Waals surface area contributed by atoms with Crippen LogP contribution in [0.15, 0.2) is 4.99 Å². The summed E-state index contributed by atoms with van der Waals surface area (Å²) in [6.45, 7) is 16.0. The molecule has 0 aromatic carbocycles. The highest BCUT2D eigenvalue weighted by atomic mass is 127. The van der Waals surface area contributed by atoms with E-state index in [0.717, 1.165) is 19.0 Å². The molecule has 1 heterocycles. The van der Waals surface area contributed by atoms with Crippen LogP contribution in [-0.4, -0.2) is 47.7 Å². The van der Waals surface area contributed by atoms with E-state index in [4.69, 9.17) is 5.11 Å². The number of nitrogens with one attached hydrogen (secondary N) is 1. The summed E-state index contributed by atoms with van der Waals surface area (Å²) in [4.78, 5) is 6.97. The number of rotatable bonds is 4. The van der Waals surface area contributed by atoms with Gasteiger partial charge in [0, 0.05) is 37.2 Å². The number of guanidine groups is 1. The fraction of sp³-hybridized carbons (Fsp3) is 0.929. The average molecular weight is 383 g/mol. The van der Waals surface area contributed by atoms with Gasteiger partial charge in [0.25, 0.3) is 0 Å². The Hall–Kier alpha value is -0.0400. The Kier molecular flexibility index (Phi) is 7.09. The number of aliphatic hydroxyl groups is 1. The predicted octanol–water partition coefficient (Wildman–Crippen LogP) is 2.32. The van der Waals surface area contributed by atoms with Gasteiger partial charge in [0.2, 0.25) is 0 Å². The molecule has 0 radical (unpaired) electrons. The summed E-state index contributed by atoms with van der Waals surface area (Å²) in [5.41, 5.74) is 0.433. The minimum absolute atomic E-state index is 0. The molecule has 1 unspecified atom stereocenters. The number of aliphatic imine (C=N–C) groups is 1. The Morgan fingerprint density at radius 1 is 1.37 bits per heavy atom. The monoisotopic (exact) mass is 383 g/mol. The van der Waals surface area contributed by atoms with Crippen molar-refractivity contribution in [1.82, 2.24) is 10.2 Å². The maximum atomic E-state index is 9.07. The van der Waals surface area contributed by atoms with E-state index in [-0.39, 0.29) is 42.0 Å². The lowest BCUT2D eigenvalue weighted by molar-refractivity contribution is -0.0668. The summed E-state index contributed by atoms with van der Waals surface area (Å²) in [5, 5.41) is 12.4. The Bertz CT molecular complexity index is 316. The van der Waals surface area contributed by atoms with Crippen molar-refractivity contribution in [3.05, 3.63) is 0 Å². The Labute approximate surface area is 135 Å². The number of halogens is 1. The molecule has 1 aliphatic heterocycles. The largest absolute Gasteiger partial charge is 0.396 e. The summed E-state index contributed by atoms with van der Waals surface area (Å²) in [6.07, 6.45) is 0. The molecular weight excluding hydrogens is 353 g/mol. The third kappa shape index (κ3) is 3.97. The number of aliphatic hydroxyl groups excluding tert-OH is 1. The van der Waals surface area contributed by atoms with Crippen LogP contribution in [0, 0.1) is 11.3 Å². The van der Waals surface area contributed by atoms with Crippen molar-refractivity contribution in [2.75, 3.05) is 26.2 Å². The summed E-state index contributed by atoms with van der Waals surface area (Å²) in [7, 11) is 0. The molecule has 0 spiro atoms. The van der Waals surface area contributed by atoms with Crippen LogP contribution in [0.3, 0.4) is 0 Å². The van der Waals surface area contributed by atoms with Gasteiger partial charge in [-0.3, -0.25) is 4.99 Å². The second-order valence-corrected chi connectivity index (χ2v) is 6.51. The van der Waals surface area contributed by atoms with Crippen molar-refractivity contribution in [3.63, 3.8) is 0 Å². The van der Waals surface area contributed by atoms with E-state index in [1.54, 1.807) is 0 Å². The van der Waals surface area contributed by atoms with Crippen molar-refractivity contribution in [1.29, 1.82) is 0 Å². The molecule has 1 atom stereocenters. The smallest absolute Gasteiger partial charge is 0.194 e. The first kappa shape index (κ1) is 19.0. The van der Waals surface area contributed by atoms with Gasteiger partial charge in [-0.15, -0.1) is 24.0 Å². The van der Waals surface area contributed by atoms with Crippen molar-refractivity contribution >= 4 is 29.9 Å². The van der Waals surface area contributed by atoms with E-state index in [1.165, 1.54) is 0 Å². The fourth-order valence-electron chi connectivity index (χ4n) is 2.09. The van der Waals surface area contributed by atoms with Gasteiger partial charge in [0.1, 0.15) is 0 Å². The third-order valence-electron chi connectivity index (χ3n) is 4.34. The lowest BCUT2D eigenvalue weighted by Crippen LogP contribution is -2.72. The molecule has 0 amide bonds. The van der Waals surface area contributed by atoms with E-state index in [9.17, 15) is 0 Å². The molecule has 0 bridgehead atoms. The molecular formula is C14H30IN3O. The van der Waals surface area contributed by atoms with E-state index in [1.807, 2.05) is 6.92 Å². The van der Waals surface area contributed by atoms with Crippen molar-refractivity contribution in [2.24, 2.45) is 16.3 Å². The van der Waals surface area contributed by atoms with Crippen LogP contribution in [0.25, 0.3) is 0 Å². The zero-order valence-corrected chi connectivity index (χ0v) is 15.5. The standard InChI is InChI=1S/C14H29N3O.HI/c1-7-15-12(16-8-11(2)9-18)17-10-13(3,4)14(17,5)6;/h11,18H,7-10H2,1-6H3,(H,15,16);1H. The van der Waals surface area contributed by atoms with E-state index in [2.05, 4.69) is 49.8 Å². The highest BCUT2D eigenvalue weighted by Crippen LogP contribution is 2.46. The fourth-order valence-corrected chi connectivity index (χ4v) is 2.09. The quantitative estimate of drug-likeness (QED) is 0.445. The van der Waals surface area contributed by atoms with Crippen molar-refractivity contribution in [3.8, 4) is 0 Å². The molecule has 2 N–H and O–H groups in total. The van der Waals surface area contributed by atoms with Gasteiger partial charge < -0.3 is 15.3 Å². The number of nitrogens with zero attached hydrogens (tertiary/aromatic N) is 2. The minimum Gasteiger partial charge on any atom is -0.396 e. The molecule has 0 aromatic rings. The molecule has 1 saturated heterocycles. The van der Waals surface area contributed by atoms with Crippen molar-refractivity contribution < 1.29 is 5.11 Å². The van der Waals surface area contributed by atoms with Gasteiger partial charge >= 0.3 is 0 Å². The molecule has 0 aliphatic carbocycles. The first-order valence-electron chi connectivity index (χ1n) is 6.93. The minimum atomic E-state index is 0. The second kappa shape index (κ2) is 7.11. The van der Waals surface area contributed by atoms with Gasteiger partial charge in [-0.25, -0.2) is 0 Å².